The molecule has 1 aliphatic heterocycles. The monoisotopic (exact) mass is 344 g/mol. The summed E-state index contributed by atoms with van der Waals surface area (Å²) >= 11 is 0. The Bertz CT molecular complexity index is 760. The fourth-order valence-corrected chi connectivity index (χ4v) is 3.46. The van der Waals surface area contributed by atoms with E-state index in [0.29, 0.717) is 30.2 Å². The van der Waals surface area contributed by atoms with Crippen molar-refractivity contribution in [2.75, 3.05) is 18.0 Å². The van der Waals surface area contributed by atoms with Crippen LogP contribution in [0, 0.1) is 18.6 Å². The van der Waals surface area contributed by atoms with E-state index >= 15 is 0 Å². The number of aryl methyl sites for hydroxylation is 1. The van der Waals surface area contributed by atoms with Crippen LogP contribution in [-0.4, -0.2) is 24.2 Å². The zero-order valence-electron chi connectivity index (χ0n) is 14.4. The van der Waals surface area contributed by atoms with Gasteiger partial charge in [0.1, 0.15) is 23.4 Å². The van der Waals surface area contributed by atoms with Crippen LogP contribution in [0.1, 0.15) is 37.7 Å². The molecule has 2 aromatic rings. The molecule has 1 aliphatic carbocycles. The molecule has 3 nitrogen and oxygen atoms in total. The molecule has 0 unspecified atom stereocenters. The van der Waals surface area contributed by atoms with E-state index in [4.69, 9.17) is 4.74 Å². The molecular weight excluding hydrogens is 322 g/mol. The first kappa shape index (κ1) is 16.3. The van der Waals surface area contributed by atoms with Crippen LogP contribution in [0.25, 0.3) is 11.3 Å². The van der Waals surface area contributed by atoms with E-state index in [9.17, 15) is 8.78 Å². The number of anilines is 1. The molecule has 0 N–H and O–H groups in total. The van der Waals surface area contributed by atoms with Gasteiger partial charge in [0.05, 0.1) is 5.69 Å². The average molecular weight is 344 g/mol. The summed E-state index contributed by atoms with van der Waals surface area (Å²) in [7, 11) is 0. The lowest BCUT2D eigenvalue weighted by atomic mass is 9.96. The number of halogens is 2. The highest BCUT2D eigenvalue weighted by atomic mass is 19.1. The van der Waals surface area contributed by atoms with Crippen molar-refractivity contribution in [2.45, 2.75) is 45.1 Å². The predicted octanol–water partition coefficient (Wildman–Crippen LogP) is 4.87. The Morgan fingerprint density at radius 1 is 1.00 bits per heavy atom. The highest BCUT2D eigenvalue weighted by Gasteiger charge is 2.23. The van der Waals surface area contributed by atoms with E-state index in [-0.39, 0.29) is 11.8 Å². The third-order valence-electron chi connectivity index (χ3n) is 5.02. The molecule has 5 heteroatoms. The maximum atomic E-state index is 14.6. The standard InChI is InChI=1S/C20H22F2N2O/c1-13-9-18(23-19(10-13)25-15-5-4-6-15)14-11-16(21)20(17(22)12-14)24-7-2-3-8-24/h9-12,15H,2-8H2,1H3. The lowest BCUT2D eigenvalue weighted by Crippen LogP contribution is -2.25. The summed E-state index contributed by atoms with van der Waals surface area (Å²) in [6.45, 7) is 3.34. The van der Waals surface area contributed by atoms with Gasteiger partial charge in [-0.1, -0.05) is 0 Å². The summed E-state index contributed by atoms with van der Waals surface area (Å²) in [5, 5.41) is 0. The summed E-state index contributed by atoms with van der Waals surface area (Å²) in [4.78, 5) is 6.25. The van der Waals surface area contributed by atoms with Crippen molar-refractivity contribution in [3.63, 3.8) is 0 Å². The predicted molar refractivity (Wildman–Crippen MR) is 94.0 cm³/mol. The first-order chi connectivity index (χ1) is 12.1. The number of benzene rings is 1. The third-order valence-corrected chi connectivity index (χ3v) is 5.02. The second kappa shape index (κ2) is 6.62. The van der Waals surface area contributed by atoms with Crippen LogP contribution in [0.4, 0.5) is 14.5 Å². The van der Waals surface area contributed by atoms with E-state index in [1.165, 1.54) is 18.6 Å². The van der Waals surface area contributed by atoms with E-state index in [1.807, 2.05) is 19.1 Å². The normalized spacial score (nSPS) is 17.6. The highest BCUT2D eigenvalue weighted by Crippen LogP contribution is 2.33. The van der Waals surface area contributed by atoms with Gasteiger partial charge >= 0.3 is 0 Å². The van der Waals surface area contributed by atoms with E-state index in [1.54, 1.807) is 4.90 Å². The third kappa shape index (κ3) is 3.32. The van der Waals surface area contributed by atoms with Gasteiger partial charge in [-0.15, -0.1) is 0 Å². The van der Waals surface area contributed by atoms with Crippen molar-refractivity contribution >= 4 is 5.69 Å². The van der Waals surface area contributed by atoms with Gasteiger partial charge in [0.25, 0.3) is 0 Å². The fourth-order valence-electron chi connectivity index (χ4n) is 3.46. The first-order valence-electron chi connectivity index (χ1n) is 9.00. The summed E-state index contributed by atoms with van der Waals surface area (Å²) in [6.07, 6.45) is 5.42. The molecule has 2 heterocycles. The zero-order chi connectivity index (χ0) is 17.4. The average Bonchev–Trinajstić information content (AvgIpc) is 3.04. The van der Waals surface area contributed by atoms with Crippen LogP contribution >= 0.6 is 0 Å². The van der Waals surface area contributed by atoms with Crippen LogP contribution < -0.4 is 9.64 Å². The molecule has 4 rings (SSSR count). The van der Waals surface area contributed by atoms with Crippen LogP contribution in [-0.2, 0) is 0 Å². The summed E-state index contributed by atoms with van der Waals surface area (Å²) in [5.41, 5.74) is 2.03. The second-order valence-electron chi connectivity index (χ2n) is 7.02. The molecule has 0 atom stereocenters. The lowest BCUT2D eigenvalue weighted by Gasteiger charge is -2.26. The van der Waals surface area contributed by atoms with Gasteiger partial charge in [-0.2, -0.15) is 0 Å². The molecule has 2 aliphatic rings. The van der Waals surface area contributed by atoms with E-state index in [2.05, 4.69) is 4.98 Å². The van der Waals surface area contributed by atoms with Crippen molar-refractivity contribution in [2.24, 2.45) is 0 Å². The minimum Gasteiger partial charge on any atom is -0.474 e. The van der Waals surface area contributed by atoms with Crippen molar-refractivity contribution in [1.29, 1.82) is 0 Å². The van der Waals surface area contributed by atoms with Crippen LogP contribution in [0.3, 0.4) is 0 Å². The Kier molecular flexibility index (Phi) is 4.32. The van der Waals surface area contributed by atoms with Gasteiger partial charge in [-0.25, -0.2) is 13.8 Å². The first-order valence-corrected chi connectivity index (χ1v) is 9.00. The van der Waals surface area contributed by atoms with Crippen molar-refractivity contribution in [3.8, 4) is 17.1 Å². The van der Waals surface area contributed by atoms with E-state index < -0.39 is 11.6 Å². The van der Waals surface area contributed by atoms with Gasteiger partial charge in [0.2, 0.25) is 5.88 Å². The summed E-state index contributed by atoms with van der Waals surface area (Å²) in [5.74, 6) is -0.521. The maximum absolute atomic E-state index is 14.6. The van der Waals surface area contributed by atoms with Crippen LogP contribution in [0.15, 0.2) is 24.3 Å². The maximum Gasteiger partial charge on any atom is 0.214 e. The number of pyridine rings is 1. The van der Waals surface area contributed by atoms with Crippen molar-refractivity contribution < 1.29 is 13.5 Å². The largest absolute Gasteiger partial charge is 0.474 e. The van der Waals surface area contributed by atoms with Gasteiger partial charge in [0.15, 0.2) is 0 Å². The van der Waals surface area contributed by atoms with Gasteiger partial charge < -0.3 is 9.64 Å². The Labute approximate surface area is 146 Å². The Morgan fingerprint density at radius 3 is 2.28 bits per heavy atom. The molecule has 0 amide bonds. The van der Waals surface area contributed by atoms with Crippen LogP contribution in [0.2, 0.25) is 0 Å². The number of aromatic nitrogens is 1. The Balaban J connectivity index is 1.66. The molecule has 1 saturated heterocycles. The molecule has 25 heavy (non-hydrogen) atoms. The van der Waals surface area contributed by atoms with E-state index in [0.717, 1.165) is 31.2 Å². The number of nitrogens with zero attached hydrogens (tertiary/aromatic N) is 2. The molecule has 0 bridgehead atoms. The highest BCUT2D eigenvalue weighted by molar-refractivity contribution is 5.65. The van der Waals surface area contributed by atoms with Crippen molar-refractivity contribution in [1.82, 2.24) is 4.98 Å². The smallest absolute Gasteiger partial charge is 0.214 e. The number of ether oxygens (including phenoxy) is 1. The molecule has 0 radical (unpaired) electrons. The number of hydrogen-bond acceptors (Lipinski definition) is 3. The number of hydrogen-bond donors (Lipinski definition) is 0. The lowest BCUT2D eigenvalue weighted by molar-refractivity contribution is 0.115. The SMILES string of the molecule is Cc1cc(OC2CCC2)nc(-c2cc(F)c(N3CCCC3)c(F)c2)c1. The van der Waals surface area contributed by atoms with Gasteiger partial charge in [-0.05, 0) is 62.8 Å². The molecule has 1 aromatic carbocycles. The summed E-state index contributed by atoms with van der Waals surface area (Å²) < 4.78 is 35.0. The Hall–Kier alpha value is -2.17. The fraction of sp³-hybridized carbons (Fsp3) is 0.450. The molecule has 2 fully saturated rings. The minimum absolute atomic E-state index is 0.0832. The summed E-state index contributed by atoms with van der Waals surface area (Å²) in [6, 6.07) is 6.46. The van der Waals surface area contributed by atoms with Gasteiger partial charge in [0, 0.05) is 24.7 Å². The Morgan fingerprint density at radius 2 is 1.68 bits per heavy atom. The molecular formula is C20H22F2N2O. The van der Waals surface area contributed by atoms with Gasteiger partial charge in [-0.3, -0.25) is 0 Å². The minimum atomic E-state index is -0.526. The van der Waals surface area contributed by atoms with Crippen LogP contribution in [0.5, 0.6) is 5.88 Å². The number of rotatable bonds is 4. The quantitative estimate of drug-likeness (QED) is 0.791. The second-order valence-corrected chi connectivity index (χ2v) is 7.02. The zero-order valence-corrected chi connectivity index (χ0v) is 14.4. The molecule has 132 valence electrons. The molecule has 1 aromatic heterocycles. The van der Waals surface area contributed by atoms with Crippen molar-refractivity contribution in [3.05, 3.63) is 41.5 Å². The topological polar surface area (TPSA) is 25.4 Å². The molecule has 0 spiro atoms. The molecule has 1 saturated carbocycles.